The van der Waals surface area contributed by atoms with Gasteiger partial charge in [-0.1, -0.05) is 121 Å². The predicted octanol–water partition coefficient (Wildman–Crippen LogP) is 13.6. The van der Waals surface area contributed by atoms with Crippen LogP contribution in [0.15, 0.2) is 176 Å². The van der Waals surface area contributed by atoms with E-state index in [-0.39, 0.29) is 0 Å². The Hall–Kier alpha value is -6.16. The Balaban J connectivity index is 1.10. The monoisotopic (exact) mass is 642 g/mol. The van der Waals surface area contributed by atoms with Crippen LogP contribution < -0.4 is 4.90 Å². The van der Waals surface area contributed by atoms with Gasteiger partial charge in [0.25, 0.3) is 0 Å². The average molecular weight is 643 g/mol. The Morgan fingerprint density at radius 1 is 0.388 bits per heavy atom. The molecule has 0 bridgehead atoms. The minimum Gasteiger partial charge on any atom is -0.354 e. The molecule has 0 radical (unpaired) electrons. The molecule has 230 valence electrons. The second kappa shape index (κ2) is 11.2. The molecule has 0 saturated carbocycles. The van der Waals surface area contributed by atoms with Crippen LogP contribution in [0.1, 0.15) is 0 Å². The summed E-state index contributed by atoms with van der Waals surface area (Å²) >= 11 is 1.87. The summed E-state index contributed by atoms with van der Waals surface area (Å²) in [6.07, 6.45) is 0. The second-order valence-corrected chi connectivity index (χ2v) is 13.8. The van der Waals surface area contributed by atoms with E-state index < -0.39 is 0 Å². The van der Waals surface area contributed by atoms with Crippen LogP contribution in [0.5, 0.6) is 0 Å². The molecule has 2 aromatic heterocycles. The van der Waals surface area contributed by atoms with Gasteiger partial charge in [0.05, 0.1) is 5.52 Å². The Kier molecular flexibility index (Phi) is 6.39. The molecule has 49 heavy (non-hydrogen) atoms. The lowest BCUT2D eigenvalue weighted by atomic mass is 10.0. The number of aromatic amines is 1. The van der Waals surface area contributed by atoms with Gasteiger partial charge in [0, 0.05) is 59.1 Å². The zero-order valence-electron chi connectivity index (χ0n) is 26.6. The van der Waals surface area contributed by atoms with E-state index >= 15 is 0 Å². The van der Waals surface area contributed by atoms with E-state index in [2.05, 4.69) is 186 Å². The molecule has 10 aromatic rings. The normalized spacial score (nSPS) is 11.7. The fourth-order valence-corrected chi connectivity index (χ4v) is 8.51. The SMILES string of the molecule is c1ccc(-c2ccc(N(c3ccc4ccccc4c3)c3ccc4sc5cc(-c6cccc7c6[nH]c6ccccc67)ccc5c4c3)cc2)cc1. The minimum absolute atomic E-state index is 1.13. The zero-order chi connectivity index (χ0) is 32.3. The highest BCUT2D eigenvalue weighted by Gasteiger charge is 2.17. The van der Waals surface area contributed by atoms with E-state index in [9.17, 15) is 0 Å². The van der Waals surface area contributed by atoms with Gasteiger partial charge in [-0.25, -0.2) is 0 Å². The highest BCUT2D eigenvalue weighted by atomic mass is 32.1. The molecule has 0 atom stereocenters. The van der Waals surface area contributed by atoms with Crippen LogP contribution in [-0.2, 0) is 0 Å². The van der Waals surface area contributed by atoms with Crippen LogP contribution in [0.4, 0.5) is 17.1 Å². The summed E-state index contributed by atoms with van der Waals surface area (Å²) < 4.78 is 2.58. The fourth-order valence-electron chi connectivity index (χ4n) is 7.38. The van der Waals surface area contributed by atoms with Gasteiger partial charge < -0.3 is 9.88 Å². The molecule has 0 aliphatic rings. The van der Waals surface area contributed by atoms with E-state index in [1.54, 1.807) is 0 Å². The van der Waals surface area contributed by atoms with E-state index in [1.165, 1.54) is 75.0 Å². The molecule has 2 heterocycles. The molecule has 0 amide bonds. The lowest BCUT2D eigenvalue weighted by Crippen LogP contribution is -2.09. The van der Waals surface area contributed by atoms with Crippen molar-refractivity contribution in [2.45, 2.75) is 0 Å². The van der Waals surface area contributed by atoms with Gasteiger partial charge in [-0.2, -0.15) is 0 Å². The van der Waals surface area contributed by atoms with E-state index in [0.29, 0.717) is 0 Å². The van der Waals surface area contributed by atoms with Gasteiger partial charge in [0.1, 0.15) is 0 Å². The van der Waals surface area contributed by atoms with Gasteiger partial charge in [-0.05, 0) is 82.1 Å². The van der Waals surface area contributed by atoms with E-state index in [0.717, 1.165) is 17.1 Å². The third-order valence-corrected chi connectivity index (χ3v) is 10.9. The van der Waals surface area contributed by atoms with Gasteiger partial charge in [0.2, 0.25) is 0 Å². The quantitative estimate of drug-likeness (QED) is 0.198. The number of anilines is 3. The van der Waals surface area contributed by atoms with Crippen LogP contribution >= 0.6 is 11.3 Å². The van der Waals surface area contributed by atoms with Crippen molar-refractivity contribution in [1.29, 1.82) is 0 Å². The third kappa shape index (κ3) is 4.70. The Morgan fingerprint density at radius 3 is 1.98 bits per heavy atom. The first-order valence-corrected chi connectivity index (χ1v) is 17.5. The Morgan fingerprint density at radius 2 is 1.08 bits per heavy atom. The number of hydrogen-bond donors (Lipinski definition) is 1. The highest BCUT2D eigenvalue weighted by Crippen LogP contribution is 2.43. The lowest BCUT2D eigenvalue weighted by molar-refractivity contribution is 1.30. The van der Waals surface area contributed by atoms with Crippen molar-refractivity contribution in [3.8, 4) is 22.3 Å². The van der Waals surface area contributed by atoms with Gasteiger partial charge >= 0.3 is 0 Å². The Bertz CT molecular complexity index is 2830. The largest absolute Gasteiger partial charge is 0.354 e. The second-order valence-electron chi connectivity index (χ2n) is 12.7. The standard InChI is InChI=1S/C46H30N2S/c1-2-9-30(10-3-1)32-17-21-35(22-18-32)48(36-23-19-31-11-4-5-12-33(31)27-36)37-24-26-44-42(29-37)40-25-20-34(28-45(40)49-44)38-14-8-15-41-39-13-6-7-16-43(39)47-46(38)41/h1-29,47H. The number of para-hydroxylation sites is 2. The number of fused-ring (bicyclic) bond motifs is 7. The maximum absolute atomic E-state index is 3.69. The van der Waals surface area contributed by atoms with Crippen molar-refractivity contribution in [2.24, 2.45) is 0 Å². The fraction of sp³-hybridized carbons (Fsp3) is 0. The third-order valence-electron chi connectivity index (χ3n) is 9.79. The first-order chi connectivity index (χ1) is 24.3. The summed E-state index contributed by atoms with van der Waals surface area (Å²) in [6.45, 7) is 0. The summed E-state index contributed by atoms with van der Waals surface area (Å²) in [5.74, 6) is 0. The predicted molar refractivity (Wildman–Crippen MR) is 212 cm³/mol. The van der Waals surface area contributed by atoms with Gasteiger partial charge in [-0.3, -0.25) is 0 Å². The van der Waals surface area contributed by atoms with Crippen LogP contribution in [0.3, 0.4) is 0 Å². The summed E-state index contributed by atoms with van der Waals surface area (Å²) in [5, 5.41) is 7.56. The van der Waals surface area contributed by atoms with Crippen molar-refractivity contribution < 1.29 is 0 Å². The van der Waals surface area contributed by atoms with Crippen molar-refractivity contribution >= 4 is 81.1 Å². The summed E-state index contributed by atoms with van der Waals surface area (Å²) in [4.78, 5) is 6.08. The summed E-state index contributed by atoms with van der Waals surface area (Å²) in [5.41, 5.74) is 10.7. The number of nitrogens with one attached hydrogen (secondary N) is 1. The number of aromatic nitrogens is 1. The topological polar surface area (TPSA) is 19.0 Å². The van der Waals surface area contributed by atoms with Crippen molar-refractivity contribution in [1.82, 2.24) is 4.98 Å². The van der Waals surface area contributed by atoms with Crippen molar-refractivity contribution in [3.63, 3.8) is 0 Å². The maximum atomic E-state index is 3.69. The first-order valence-electron chi connectivity index (χ1n) is 16.7. The summed E-state index contributed by atoms with van der Waals surface area (Å²) in [6, 6.07) is 63.9. The molecule has 0 aliphatic carbocycles. The summed E-state index contributed by atoms with van der Waals surface area (Å²) in [7, 11) is 0. The average Bonchev–Trinajstić information content (AvgIpc) is 3.73. The lowest BCUT2D eigenvalue weighted by Gasteiger charge is -2.26. The molecule has 0 unspecified atom stereocenters. The number of nitrogens with zero attached hydrogens (tertiary/aromatic N) is 1. The number of H-pyrrole nitrogens is 1. The van der Waals surface area contributed by atoms with Crippen LogP contribution in [0, 0.1) is 0 Å². The molecule has 1 N–H and O–H groups in total. The van der Waals surface area contributed by atoms with Crippen molar-refractivity contribution in [3.05, 3.63) is 176 Å². The smallest absolute Gasteiger partial charge is 0.0544 e. The van der Waals surface area contributed by atoms with Crippen LogP contribution in [0.25, 0.3) is 75.0 Å². The number of rotatable bonds is 5. The Labute approximate surface area is 288 Å². The van der Waals surface area contributed by atoms with Gasteiger partial charge in [0.15, 0.2) is 0 Å². The minimum atomic E-state index is 1.13. The molecule has 0 aliphatic heterocycles. The molecule has 10 rings (SSSR count). The molecular weight excluding hydrogens is 613 g/mol. The molecule has 8 aromatic carbocycles. The zero-order valence-corrected chi connectivity index (χ0v) is 27.4. The highest BCUT2D eigenvalue weighted by molar-refractivity contribution is 7.25. The number of benzene rings is 8. The number of thiophene rings is 1. The molecule has 0 fully saturated rings. The molecule has 2 nitrogen and oxygen atoms in total. The van der Waals surface area contributed by atoms with Gasteiger partial charge in [-0.15, -0.1) is 11.3 Å². The first kappa shape index (κ1) is 27.9. The molecule has 0 saturated heterocycles. The number of hydrogen-bond acceptors (Lipinski definition) is 2. The van der Waals surface area contributed by atoms with Crippen LogP contribution in [-0.4, -0.2) is 4.98 Å². The van der Waals surface area contributed by atoms with Crippen molar-refractivity contribution in [2.75, 3.05) is 4.90 Å². The maximum Gasteiger partial charge on any atom is 0.0544 e. The van der Waals surface area contributed by atoms with E-state index in [4.69, 9.17) is 0 Å². The van der Waals surface area contributed by atoms with Crippen LogP contribution in [0.2, 0.25) is 0 Å². The van der Waals surface area contributed by atoms with E-state index in [1.807, 2.05) is 11.3 Å². The molecule has 3 heteroatoms. The molecular formula is C46H30N2S. The molecule has 0 spiro atoms.